The van der Waals surface area contributed by atoms with Crippen molar-refractivity contribution in [3.8, 4) is 23.0 Å². The molecule has 1 fully saturated rings. The van der Waals surface area contributed by atoms with Gasteiger partial charge in [-0.2, -0.15) is 0 Å². The summed E-state index contributed by atoms with van der Waals surface area (Å²) in [5, 5.41) is 14.2. The van der Waals surface area contributed by atoms with Gasteiger partial charge < -0.3 is 29.5 Å². The van der Waals surface area contributed by atoms with E-state index in [0.717, 1.165) is 49.1 Å². The van der Waals surface area contributed by atoms with Crippen LogP contribution in [0.1, 0.15) is 0 Å². The Kier molecular flexibility index (Phi) is 6.99. The highest BCUT2D eigenvalue weighted by atomic mass is 35.5. The Morgan fingerprint density at radius 2 is 1.60 bits per heavy atom. The number of β-amino-alcohol motifs (C(OH)–C–C–N with tert-alkyl or cyclic N) is 1. The van der Waals surface area contributed by atoms with Crippen LogP contribution < -0.4 is 24.4 Å². The number of piperazine rings is 1. The van der Waals surface area contributed by atoms with E-state index in [-0.39, 0.29) is 6.61 Å². The van der Waals surface area contributed by atoms with Gasteiger partial charge in [0.25, 0.3) is 0 Å². The Bertz CT molecular complexity index is 1160. The van der Waals surface area contributed by atoms with E-state index in [1.165, 1.54) is 0 Å². The molecule has 0 aromatic heterocycles. The first-order valence-electron chi connectivity index (χ1n) is 11.6. The second-order valence-corrected chi connectivity index (χ2v) is 9.05. The van der Waals surface area contributed by atoms with Crippen molar-refractivity contribution in [1.29, 1.82) is 0 Å². The first-order valence-corrected chi connectivity index (χ1v) is 12.0. The van der Waals surface area contributed by atoms with Crippen LogP contribution in [0.4, 0.5) is 11.4 Å². The highest BCUT2D eigenvalue weighted by Gasteiger charge is 2.21. The van der Waals surface area contributed by atoms with E-state index in [4.69, 9.17) is 25.8 Å². The summed E-state index contributed by atoms with van der Waals surface area (Å²) in [5.74, 6) is 3.38. The number of benzene rings is 3. The van der Waals surface area contributed by atoms with Gasteiger partial charge in [0, 0.05) is 49.5 Å². The maximum Gasteiger partial charge on any atom is 0.190 e. The van der Waals surface area contributed by atoms with E-state index in [1.54, 1.807) is 6.07 Å². The fourth-order valence-electron chi connectivity index (χ4n) is 4.18. The lowest BCUT2D eigenvalue weighted by Gasteiger charge is -2.36. The lowest BCUT2D eigenvalue weighted by molar-refractivity contribution is 0.0662. The molecule has 35 heavy (non-hydrogen) atoms. The Balaban J connectivity index is 1.05. The van der Waals surface area contributed by atoms with Gasteiger partial charge in [0.15, 0.2) is 11.6 Å². The summed E-state index contributed by atoms with van der Waals surface area (Å²) in [7, 11) is 0. The maximum atomic E-state index is 10.5. The Morgan fingerprint density at radius 3 is 2.31 bits per heavy atom. The molecule has 0 unspecified atom stereocenters. The van der Waals surface area contributed by atoms with Crippen LogP contribution in [0.25, 0.3) is 0 Å². The predicted octanol–water partition coefficient (Wildman–Crippen LogP) is 4.97. The molecule has 2 aliphatic heterocycles. The fraction of sp³-hybridized carbons (Fsp3) is 0.259. The molecule has 3 aromatic carbocycles. The molecule has 0 bridgehead atoms. The molecule has 7 nitrogen and oxygen atoms in total. The van der Waals surface area contributed by atoms with E-state index in [2.05, 4.69) is 33.8 Å². The van der Waals surface area contributed by atoms with Crippen LogP contribution in [0.2, 0.25) is 5.02 Å². The van der Waals surface area contributed by atoms with Gasteiger partial charge in [-0.05, 0) is 67.2 Å². The molecule has 2 aliphatic rings. The molecule has 0 radical (unpaired) electrons. The largest absolute Gasteiger partial charge is 0.491 e. The number of hydrogen-bond acceptors (Lipinski definition) is 7. The molecule has 8 heteroatoms. The minimum absolute atomic E-state index is 0.225. The van der Waals surface area contributed by atoms with Crippen molar-refractivity contribution in [2.24, 2.45) is 0 Å². The molecule has 0 aliphatic carbocycles. The summed E-state index contributed by atoms with van der Waals surface area (Å²) in [6, 6.07) is 21.0. The molecule has 0 saturated carbocycles. The normalized spacial score (nSPS) is 16.3. The van der Waals surface area contributed by atoms with Crippen LogP contribution in [0.5, 0.6) is 23.0 Å². The third-order valence-corrected chi connectivity index (χ3v) is 6.25. The van der Waals surface area contributed by atoms with E-state index >= 15 is 0 Å². The quantitative estimate of drug-likeness (QED) is 0.459. The van der Waals surface area contributed by atoms with E-state index in [9.17, 15) is 5.11 Å². The second-order valence-electron chi connectivity index (χ2n) is 8.61. The minimum Gasteiger partial charge on any atom is -0.491 e. The standard InChI is InChI=1S/C27H28ClN3O4/c1-19-29-26-11-10-25(16-27(26)34-19)33-18-22(32)17-30-12-14-31(15-13-30)21-4-8-24(9-5-21)35-23-6-2-20(28)3-7-23/h2-11,16,22,29,32H,1,12-15,17-18H2/t22-/m0/s1. The number of aliphatic hydroxyl groups is 1. The van der Waals surface area contributed by atoms with Crippen molar-refractivity contribution >= 4 is 23.0 Å². The summed E-state index contributed by atoms with van der Waals surface area (Å²) >= 11 is 5.93. The van der Waals surface area contributed by atoms with Crippen LogP contribution in [-0.2, 0) is 0 Å². The van der Waals surface area contributed by atoms with E-state index in [1.807, 2.05) is 48.5 Å². The fourth-order valence-corrected chi connectivity index (χ4v) is 4.31. The van der Waals surface area contributed by atoms with Crippen molar-refractivity contribution in [3.63, 3.8) is 0 Å². The van der Waals surface area contributed by atoms with Gasteiger partial charge in [-0.1, -0.05) is 11.6 Å². The van der Waals surface area contributed by atoms with Crippen molar-refractivity contribution in [2.45, 2.75) is 6.10 Å². The summed E-state index contributed by atoms with van der Waals surface area (Å²) in [4.78, 5) is 4.61. The monoisotopic (exact) mass is 493 g/mol. The number of hydrogen-bond donors (Lipinski definition) is 2. The topological polar surface area (TPSA) is 66.4 Å². The first kappa shape index (κ1) is 23.4. The number of rotatable bonds is 8. The number of halogens is 1. The van der Waals surface area contributed by atoms with Crippen LogP contribution in [0.3, 0.4) is 0 Å². The number of anilines is 2. The van der Waals surface area contributed by atoms with Crippen molar-refractivity contribution < 1.29 is 19.3 Å². The second kappa shape index (κ2) is 10.5. The molecule has 2 N–H and O–H groups in total. The average molecular weight is 494 g/mol. The van der Waals surface area contributed by atoms with E-state index in [0.29, 0.717) is 28.9 Å². The average Bonchev–Trinajstić information content (AvgIpc) is 3.24. The summed E-state index contributed by atoms with van der Waals surface area (Å²) in [6.45, 7) is 8.08. The van der Waals surface area contributed by atoms with Crippen molar-refractivity contribution in [1.82, 2.24) is 4.90 Å². The molecule has 5 rings (SSSR count). The zero-order chi connectivity index (χ0) is 24.2. The third kappa shape index (κ3) is 6.00. The number of nitrogens with one attached hydrogen (secondary N) is 1. The van der Waals surface area contributed by atoms with E-state index < -0.39 is 6.10 Å². The smallest absolute Gasteiger partial charge is 0.190 e. The van der Waals surface area contributed by atoms with Crippen LogP contribution in [0, 0.1) is 0 Å². The maximum absolute atomic E-state index is 10.5. The molecule has 2 heterocycles. The summed E-state index contributed by atoms with van der Waals surface area (Å²) < 4.78 is 17.1. The molecular weight excluding hydrogens is 466 g/mol. The summed E-state index contributed by atoms with van der Waals surface area (Å²) in [6.07, 6.45) is -0.576. The Morgan fingerprint density at radius 1 is 0.943 bits per heavy atom. The van der Waals surface area contributed by atoms with Gasteiger partial charge in [-0.25, -0.2) is 0 Å². The van der Waals surface area contributed by atoms with Gasteiger partial charge in [0.1, 0.15) is 30.0 Å². The number of aliphatic hydroxyl groups excluding tert-OH is 1. The molecule has 3 aromatic rings. The SMILES string of the molecule is C=C1Nc2ccc(OC[C@@H](O)CN3CCN(c4ccc(Oc5ccc(Cl)cc5)cc4)CC3)cc2O1. The molecule has 1 atom stereocenters. The van der Waals surface area contributed by atoms with Gasteiger partial charge in [-0.3, -0.25) is 4.90 Å². The van der Waals surface area contributed by atoms with Crippen molar-refractivity contribution in [2.75, 3.05) is 49.5 Å². The van der Waals surface area contributed by atoms with Crippen LogP contribution in [0.15, 0.2) is 79.2 Å². The molecule has 0 spiro atoms. The van der Waals surface area contributed by atoms with Crippen molar-refractivity contribution in [3.05, 3.63) is 84.2 Å². The number of nitrogens with zero attached hydrogens (tertiary/aromatic N) is 2. The van der Waals surface area contributed by atoms with Crippen LogP contribution >= 0.6 is 11.6 Å². The first-order chi connectivity index (χ1) is 17.0. The summed E-state index contributed by atoms with van der Waals surface area (Å²) in [5.41, 5.74) is 2.03. The lowest BCUT2D eigenvalue weighted by atomic mass is 10.2. The minimum atomic E-state index is -0.576. The predicted molar refractivity (Wildman–Crippen MR) is 138 cm³/mol. The molecule has 0 amide bonds. The zero-order valence-electron chi connectivity index (χ0n) is 19.3. The third-order valence-electron chi connectivity index (χ3n) is 6.00. The Hall–Kier alpha value is -3.39. The lowest BCUT2D eigenvalue weighted by Crippen LogP contribution is -2.49. The van der Waals surface area contributed by atoms with Gasteiger partial charge in [-0.15, -0.1) is 0 Å². The highest BCUT2D eigenvalue weighted by molar-refractivity contribution is 6.30. The number of fused-ring (bicyclic) bond motifs is 1. The van der Waals surface area contributed by atoms with Gasteiger partial charge in [0.2, 0.25) is 0 Å². The molecule has 1 saturated heterocycles. The molecular formula is C27H28ClN3O4. The van der Waals surface area contributed by atoms with Crippen LogP contribution in [-0.4, -0.2) is 55.4 Å². The van der Waals surface area contributed by atoms with Gasteiger partial charge in [0.05, 0.1) is 5.69 Å². The highest BCUT2D eigenvalue weighted by Crippen LogP contribution is 2.36. The zero-order valence-corrected chi connectivity index (χ0v) is 20.1. The Labute approximate surface area is 210 Å². The number of ether oxygens (including phenoxy) is 3. The molecule has 182 valence electrons. The van der Waals surface area contributed by atoms with Gasteiger partial charge >= 0.3 is 0 Å².